The summed E-state index contributed by atoms with van der Waals surface area (Å²) in [4.78, 5) is 9.94. The number of benzene rings is 9. The van der Waals surface area contributed by atoms with Gasteiger partial charge in [0.15, 0.2) is 8.07 Å². The van der Waals surface area contributed by atoms with Gasteiger partial charge in [0, 0.05) is 45.9 Å². The summed E-state index contributed by atoms with van der Waals surface area (Å²) < 4.78 is 9.14. The first-order valence-electron chi connectivity index (χ1n) is 24.3. The quantitative estimate of drug-likeness (QED) is 0.156. The van der Waals surface area contributed by atoms with Gasteiger partial charge in [0.05, 0.1) is 28.1 Å². The Balaban J connectivity index is 0.896. The molecular weight excluding hydrogens is 869 g/mol. The summed E-state index contributed by atoms with van der Waals surface area (Å²) in [7, 11) is -2.70. The largest absolute Gasteiger partial charge is 0.457 e. The summed E-state index contributed by atoms with van der Waals surface area (Å²) in [6, 6.07) is 80.4. The molecule has 0 N–H and O–H groups in total. The zero-order valence-electron chi connectivity index (χ0n) is 39.3. The van der Waals surface area contributed by atoms with Crippen LogP contribution in [0.4, 0.5) is 22.7 Å². The van der Waals surface area contributed by atoms with Crippen molar-refractivity contribution in [2.45, 2.75) is 26.2 Å². The van der Waals surface area contributed by atoms with Gasteiger partial charge in [0.1, 0.15) is 24.0 Å². The SMILES string of the molecule is CC(C)(C)c1ccnc(-n2c3ccccc3c3ccc(Oc4cccc(N5CN(c6c(-c7ccccc7)ccc7c6-c6ccccc6[Si]76c7ccccc7-c7ccccc76)c6ccccc65)c4)cc32)c1. The second-order valence-corrected chi connectivity index (χ2v) is 23.6. The minimum Gasteiger partial charge on any atom is -0.457 e. The lowest BCUT2D eigenvalue weighted by Crippen LogP contribution is -2.70. The topological polar surface area (TPSA) is 33.5 Å². The Morgan fingerprint density at radius 2 is 1.10 bits per heavy atom. The van der Waals surface area contributed by atoms with Crippen LogP contribution in [0.2, 0.25) is 0 Å². The molecule has 1 spiro atoms. The number of hydrogen-bond acceptors (Lipinski definition) is 4. The standard InChI is InChI=1S/C64H48N4OSi/c1-64(2,3)43-36-37-65-61(38-43)68-53-26-11-7-22-48(53)49-33-32-46(40-56(49)68)69-45-21-17-20-44(39-45)66-41-67(55-28-13-12-27-54(55)66)63-47(42-18-5-4-6-19-42)34-35-60-62(63)52-25-10-16-31-59(52)70(60)57-29-14-8-23-50(57)51-24-9-15-30-58(51)70/h4-40H,41H2,1-3H3. The lowest BCUT2D eigenvalue weighted by atomic mass is 9.88. The van der Waals surface area contributed by atoms with Gasteiger partial charge in [0.25, 0.3) is 0 Å². The molecule has 6 heteroatoms. The van der Waals surface area contributed by atoms with E-state index in [-0.39, 0.29) is 5.41 Å². The van der Waals surface area contributed by atoms with E-state index in [1.165, 1.54) is 76.5 Å². The third kappa shape index (κ3) is 5.87. The highest BCUT2D eigenvalue weighted by molar-refractivity contribution is 7.24. The first kappa shape index (κ1) is 40.6. The van der Waals surface area contributed by atoms with Gasteiger partial charge in [-0.3, -0.25) is 4.57 Å². The Kier molecular flexibility index (Phi) is 8.86. The molecule has 70 heavy (non-hydrogen) atoms. The molecule has 0 unspecified atom stereocenters. The molecule has 0 bridgehead atoms. The molecule has 0 aliphatic carbocycles. The zero-order valence-corrected chi connectivity index (χ0v) is 40.3. The highest BCUT2D eigenvalue weighted by atomic mass is 28.3. The van der Waals surface area contributed by atoms with E-state index in [1.54, 1.807) is 0 Å². The average molecular weight is 917 g/mol. The molecule has 0 fully saturated rings. The maximum absolute atomic E-state index is 6.87. The van der Waals surface area contributed by atoms with Crippen LogP contribution in [0.15, 0.2) is 225 Å². The first-order chi connectivity index (χ1) is 34.4. The van der Waals surface area contributed by atoms with E-state index in [4.69, 9.17) is 9.72 Å². The predicted octanol–water partition coefficient (Wildman–Crippen LogP) is 13.5. The van der Waals surface area contributed by atoms with Crippen molar-refractivity contribution < 1.29 is 4.74 Å². The minimum atomic E-state index is -2.70. The van der Waals surface area contributed by atoms with E-state index < -0.39 is 8.07 Å². The first-order valence-corrected chi connectivity index (χ1v) is 26.3. The van der Waals surface area contributed by atoms with E-state index in [9.17, 15) is 0 Å². The number of ether oxygens (including phenoxy) is 1. The van der Waals surface area contributed by atoms with E-state index >= 15 is 0 Å². The van der Waals surface area contributed by atoms with Gasteiger partial charge >= 0.3 is 0 Å². The number of nitrogens with zero attached hydrogens (tertiary/aromatic N) is 4. The number of hydrogen-bond donors (Lipinski definition) is 0. The van der Waals surface area contributed by atoms with Gasteiger partial charge in [-0.1, -0.05) is 172 Å². The Hall–Kier alpha value is -8.45. The van der Waals surface area contributed by atoms with Gasteiger partial charge in [0.2, 0.25) is 0 Å². The number of para-hydroxylation sites is 3. The van der Waals surface area contributed by atoms with Gasteiger partial charge < -0.3 is 14.5 Å². The van der Waals surface area contributed by atoms with Crippen LogP contribution in [0.3, 0.4) is 0 Å². The van der Waals surface area contributed by atoms with E-state index in [0.29, 0.717) is 6.67 Å². The lowest BCUT2D eigenvalue weighted by Gasteiger charge is -2.30. The number of fused-ring (bicyclic) bond motifs is 14. The highest BCUT2D eigenvalue weighted by Crippen LogP contribution is 2.52. The third-order valence-corrected chi connectivity index (χ3v) is 20.0. The Morgan fingerprint density at radius 1 is 0.471 bits per heavy atom. The van der Waals surface area contributed by atoms with Crippen molar-refractivity contribution in [3.05, 3.63) is 230 Å². The van der Waals surface area contributed by atoms with Gasteiger partial charge in [-0.2, -0.15) is 0 Å². The normalized spacial score (nSPS) is 13.9. The van der Waals surface area contributed by atoms with Crippen LogP contribution in [0.5, 0.6) is 11.5 Å². The second-order valence-electron chi connectivity index (χ2n) is 19.9. The molecule has 11 aromatic rings. The molecule has 9 aromatic carbocycles. The molecule has 5 nitrogen and oxygen atoms in total. The van der Waals surface area contributed by atoms with Crippen LogP contribution in [-0.2, 0) is 5.41 Å². The summed E-state index contributed by atoms with van der Waals surface area (Å²) in [5.74, 6) is 2.44. The van der Waals surface area contributed by atoms with Crippen LogP contribution in [-0.4, -0.2) is 24.3 Å². The van der Waals surface area contributed by atoms with Gasteiger partial charge in [-0.15, -0.1) is 0 Å². The second kappa shape index (κ2) is 15.3. The summed E-state index contributed by atoms with van der Waals surface area (Å²) in [5.41, 5.74) is 15.9. The molecule has 0 saturated heterocycles. The molecule has 0 amide bonds. The molecule has 3 aliphatic heterocycles. The Bertz CT molecular complexity index is 3880. The molecule has 0 saturated carbocycles. The fourth-order valence-corrected chi connectivity index (χ4v) is 17.6. The molecular formula is C64H48N4OSi. The molecule has 5 heterocycles. The fraction of sp³-hybridized carbons (Fsp3) is 0.0781. The van der Waals surface area contributed by atoms with Crippen LogP contribution in [0.25, 0.3) is 61.0 Å². The zero-order chi connectivity index (χ0) is 46.7. The number of anilines is 4. The maximum Gasteiger partial charge on any atom is 0.182 e. The van der Waals surface area contributed by atoms with Crippen molar-refractivity contribution in [2.24, 2.45) is 0 Å². The Morgan fingerprint density at radius 3 is 1.86 bits per heavy atom. The van der Waals surface area contributed by atoms with Crippen molar-refractivity contribution >= 4 is 73.4 Å². The van der Waals surface area contributed by atoms with Crippen molar-refractivity contribution in [2.75, 3.05) is 16.5 Å². The van der Waals surface area contributed by atoms with E-state index in [2.05, 4.69) is 254 Å². The number of pyridine rings is 1. The van der Waals surface area contributed by atoms with Crippen LogP contribution >= 0.6 is 0 Å². The number of rotatable bonds is 6. The van der Waals surface area contributed by atoms with Crippen molar-refractivity contribution in [1.29, 1.82) is 0 Å². The van der Waals surface area contributed by atoms with E-state index in [1.807, 2.05) is 6.20 Å². The molecule has 0 radical (unpaired) electrons. The van der Waals surface area contributed by atoms with Gasteiger partial charge in [-0.25, -0.2) is 4.98 Å². The highest BCUT2D eigenvalue weighted by Gasteiger charge is 2.55. The van der Waals surface area contributed by atoms with Crippen LogP contribution in [0, 0.1) is 0 Å². The number of aromatic nitrogens is 2. The van der Waals surface area contributed by atoms with Crippen LogP contribution < -0.4 is 35.3 Å². The molecule has 3 aliphatic rings. The van der Waals surface area contributed by atoms with Crippen LogP contribution in [0.1, 0.15) is 26.3 Å². The molecule has 2 aromatic heterocycles. The fourth-order valence-electron chi connectivity index (χ4n) is 12.0. The summed E-state index contributed by atoms with van der Waals surface area (Å²) >= 11 is 0. The monoisotopic (exact) mass is 916 g/mol. The molecule has 14 rings (SSSR count). The lowest BCUT2D eigenvalue weighted by molar-refractivity contribution is 0.483. The average Bonchev–Trinajstić information content (AvgIpc) is 4.13. The predicted molar refractivity (Wildman–Crippen MR) is 293 cm³/mol. The van der Waals surface area contributed by atoms with E-state index in [0.717, 1.165) is 45.1 Å². The van der Waals surface area contributed by atoms with Crippen molar-refractivity contribution in [3.63, 3.8) is 0 Å². The summed E-state index contributed by atoms with van der Waals surface area (Å²) in [6.07, 6.45) is 1.93. The molecule has 0 atom stereocenters. The summed E-state index contributed by atoms with van der Waals surface area (Å²) in [6.45, 7) is 7.36. The van der Waals surface area contributed by atoms with Gasteiger partial charge in [-0.05, 0) is 109 Å². The Labute approximate surface area is 409 Å². The minimum absolute atomic E-state index is 0.0148. The third-order valence-electron chi connectivity index (χ3n) is 15.1. The maximum atomic E-state index is 6.87. The summed E-state index contributed by atoms with van der Waals surface area (Å²) in [5, 5.41) is 8.23. The van der Waals surface area contributed by atoms with Crippen molar-refractivity contribution in [3.8, 4) is 50.7 Å². The van der Waals surface area contributed by atoms with Crippen molar-refractivity contribution in [1.82, 2.24) is 9.55 Å². The molecule has 334 valence electrons. The smallest absolute Gasteiger partial charge is 0.182 e.